The fraction of sp³-hybridized carbons (Fsp3) is 0.250. The minimum absolute atomic E-state index is 0.0270. The number of likely N-dealkylation sites (N-methyl/N-ethyl adjacent to an activating group) is 1. The van der Waals surface area contributed by atoms with E-state index in [1.165, 1.54) is 4.90 Å². The van der Waals surface area contributed by atoms with Gasteiger partial charge in [0, 0.05) is 25.2 Å². The molecule has 1 atom stereocenters. The minimum Gasteiger partial charge on any atom is -0.481 e. The van der Waals surface area contributed by atoms with Crippen molar-refractivity contribution in [2.24, 2.45) is 5.92 Å². The molecule has 0 saturated carbocycles. The molecular weight excluding hydrogens is 444 g/mol. The van der Waals surface area contributed by atoms with E-state index in [2.05, 4.69) is 29.6 Å². The number of nitrogens with one attached hydrogen (secondary N) is 1. The Bertz CT molecular complexity index is 1210. The van der Waals surface area contributed by atoms with Crippen LogP contribution in [0.4, 0.5) is 10.5 Å². The first kappa shape index (κ1) is 24.0. The van der Waals surface area contributed by atoms with Crippen LogP contribution in [0, 0.1) is 5.92 Å². The monoisotopic (exact) mass is 472 g/mol. The molecule has 0 saturated heterocycles. The summed E-state index contributed by atoms with van der Waals surface area (Å²) in [6.07, 6.45) is -0.467. The largest absolute Gasteiger partial charge is 0.481 e. The Hall–Kier alpha value is -4.13. The van der Waals surface area contributed by atoms with Crippen molar-refractivity contribution < 1.29 is 24.2 Å². The van der Waals surface area contributed by atoms with E-state index in [0.717, 1.165) is 22.3 Å². The molecule has 0 radical (unpaired) electrons. The quantitative estimate of drug-likeness (QED) is 0.492. The molecule has 2 N–H and O–H groups in total. The van der Waals surface area contributed by atoms with Gasteiger partial charge < -0.3 is 14.7 Å². The van der Waals surface area contributed by atoms with Gasteiger partial charge in [0.25, 0.3) is 0 Å². The molecule has 0 spiro atoms. The molecule has 0 heterocycles. The van der Waals surface area contributed by atoms with Crippen LogP contribution in [0.3, 0.4) is 0 Å². The first-order valence-electron chi connectivity index (χ1n) is 11.5. The number of hydrogen-bond acceptors (Lipinski definition) is 4. The number of carbonyl (C=O) groups excluding carboxylic acids is 2. The summed E-state index contributed by atoms with van der Waals surface area (Å²) in [5, 5.41) is 11.8. The lowest BCUT2D eigenvalue weighted by atomic mass is 9.98. The molecule has 3 aromatic carbocycles. The van der Waals surface area contributed by atoms with Gasteiger partial charge in [-0.25, -0.2) is 4.79 Å². The molecule has 7 nitrogen and oxygen atoms in total. The van der Waals surface area contributed by atoms with Gasteiger partial charge in [-0.05, 0) is 39.9 Å². The van der Waals surface area contributed by atoms with Crippen molar-refractivity contribution in [1.29, 1.82) is 0 Å². The first-order valence-corrected chi connectivity index (χ1v) is 11.5. The fourth-order valence-corrected chi connectivity index (χ4v) is 4.41. The normalized spacial score (nSPS) is 12.9. The van der Waals surface area contributed by atoms with E-state index in [1.54, 1.807) is 38.2 Å². The second-order valence-corrected chi connectivity index (χ2v) is 8.84. The Morgan fingerprint density at radius 2 is 1.60 bits per heavy atom. The summed E-state index contributed by atoms with van der Waals surface area (Å²) in [5.41, 5.74) is 5.84. The number of carbonyl (C=O) groups is 3. The van der Waals surface area contributed by atoms with Crippen LogP contribution in [-0.4, -0.2) is 48.2 Å². The van der Waals surface area contributed by atoms with Crippen molar-refractivity contribution >= 4 is 23.7 Å². The van der Waals surface area contributed by atoms with E-state index in [0.29, 0.717) is 11.3 Å². The fourth-order valence-electron chi connectivity index (χ4n) is 4.41. The number of amides is 2. The van der Waals surface area contributed by atoms with E-state index in [4.69, 9.17) is 9.84 Å². The van der Waals surface area contributed by atoms with Gasteiger partial charge in [-0.1, -0.05) is 67.6 Å². The van der Waals surface area contributed by atoms with Crippen LogP contribution in [0.1, 0.15) is 29.5 Å². The summed E-state index contributed by atoms with van der Waals surface area (Å²) in [4.78, 5) is 37.5. The van der Waals surface area contributed by atoms with Crippen LogP contribution in [0.2, 0.25) is 0 Å². The van der Waals surface area contributed by atoms with Crippen LogP contribution in [-0.2, 0) is 20.7 Å². The van der Waals surface area contributed by atoms with Gasteiger partial charge in [0.1, 0.15) is 6.61 Å². The highest BCUT2D eigenvalue weighted by Crippen LogP contribution is 2.44. The summed E-state index contributed by atoms with van der Waals surface area (Å²) in [6.45, 7) is 1.90. The number of benzene rings is 3. The van der Waals surface area contributed by atoms with Crippen molar-refractivity contribution in [3.05, 3.63) is 89.5 Å². The highest BCUT2D eigenvalue weighted by Gasteiger charge is 2.29. The standard InChI is InChI=1S/C28H28N2O5/c1-18(27(32)33)16-30(2)26(31)15-19-8-7-9-20(14-19)29-28(34)35-17-25-23-12-5-3-10-21(23)22-11-4-6-13-24(22)25/h3-14,18,25H,15-17H2,1-2H3,(H,29,34)(H,32,33). The molecule has 0 fully saturated rings. The van der Waals surface area contributed by atoms with E-state index in [1.807, 2.05) is 24.3 Å². The molecule has 4 rings (SSSR count). The Labute approximate surface area is 204 Å². The Morgan fingerprint density at radius 3 is 2.23 bits per heavy atom. The lowest BCUT2D eigenvalue weighted by molar-refractivity contribution is -0.142. The number of ether oxygens (including phenoxy) is 1. The van der Waals surface area contributed by atoms with Crippen molar-refractivity contribution in [3.8, 4) is 11.1 Å². The number of rotatable bonds is 8. The van der Waals surface area contributed by atoms with E-state index in [-0.39, 0.29) is 31.4 Å². The summed E-state index contributed by atoms with van der Waals surface area (Å²) in [7, 11) is 1.58. The maximum absolute atomic E-state index is 12.6. The zero-order chi connectivity index (χ0) is 24.9. The van der Waals surface area contributed by atoms with E-state index < -0.39 is 18.0 Å². The summed E-state index contributed by atoms with van der Waals surface area (Å²) in [5.74, 6) is -1.82. The molecule has 0 aliphatic heterocycles. The number of carboxylic acids is 1. The number of fused-ring (bicyclic) bond motifs is 3. The summed E-state index contributed by atoms with van der Waals surface area (Å²) < 4.78 is 5.59. The Balaban J connectivity index is 1.35. The molecule has 3 aromatic rings. The maximum atomic E-state index is 12.6. The molecule has 1 unspecified atom stereocenters. The molecule has 180 valence electrons. The highest BCUT2D eigenvalue weighted by atomic mass is 16.5. The molecule has 0 bridgehead atoms. The number of hydrogen-bond donors (Lipinski definition) is 2. The average molecular weight is 473 g/mol. The predicted octanol–water partition coefficient (Wildman–Crippen LogP) is 4.77. The van der Waals surface area contributed by atoms with Crippen molar-refractivity contribution in [3.63, 3.8) is 0 Å². The lowest BCUT2D eigenvalue weighted by Crippen LogP contribution is -2.34. The van der Waals surface area contributed by atoms with Gasteiger partial charge in [-0.3, -0.25) is 14.9 Å². The van der Waals surface area contributed by atoms with Crippen molar-refractivity contribution in [2.45, 2.75) is 19.3 Å². The highest BCUT2D eigenvalue weighted by molar-refractivity contribution is 5.86. The van der Waals surface area contributed by atoms with Crippen LogP contribution in [0.15, 0.2) is 72.8 Å². The molecule has 2 amide bonds. The number of carboxylic acid groups (broad SMARTS) is 1. The van der Waals surface area contributed by atoms with E-state index in [9.17, 15) is 14.4 Å². The SMILES string of the molecule is CC(CN(C)C(=O)Cc1cccc(NC(=O)OCC2c3ccccc3-c3ccccc32)c1)C(=O)O. The first-order chi connectivity index (χ1) is 16.8. The zero-order valence-electron chi connectivity index (χ0n) is 19.7. The van der Waals surface area contributed by atoms with Crippen LogP contribution in [0.25, 0.3) is 11.1 Å². The number of aliphatic carboxylic acids is 1. The second-order valence-electron chi connectivity index (χ2n) is 8.84. The van der Waals surface area contributed by atoms with Crippen LogP contribution < -0.4 is 5.32 Å². The molecular formula is C28H28N2O5. The third-order valence-corrected chi connectivity index (χ3v) is 6.27. The van der Waals surface area contributed by atoms with Gasteiger partial charge in [0.05, 0.1) is 12.3 Å². The molecule has 1 aliphatic rings. The maximum Gasteiger partial charge on any atom is 0.411 e. The van der Waals surface area contributed by atoms with Gasteiger partial charge >= 0.3 is 12.1 Å². The molecule has 7 heteroatoms. The number of nitrogens with zero attached hydrogens (tertiary/aromatic N) is 1. The Kier molecular flexibility index (Phi) is 7.15. The number of anilines is 1. The van der Waals surface area contributed by atoms with Gasteiger partial charge in [-0.15, -0.1) is 0 Å². The average Bonchev–Trinajstić information content (AvgIpc) is 3.16. The van der Waals surface area contributed by atoms with Gasteiger partial charge in [0.2, 0.25) is 5.91 Å². The van der Waals surface area contributed by atoms with Gasteiger partial charge in [-0.2, -0.15) is 0 Å². The minimum atomic E-state index is -0.945. The smallest absolute Gasteiger partial charge is 0.411 e. The summed E-state index contributed by atoms with van der Waals surface area (Å²) >= 11 is 0. The third kappa shape index (κ3) is 5.51. The molecule has 1 aliphatic carbocycles. The lowest BCUT2D eigenvalue weighted by Gasteiger charge is -2.19. The zero-order valence-corrected chi connectivity index (χ0v) is 19.7. The van der Waals surface area contributed by atoms with Crippen molar-refractivity contribution in [2.75, 3.05) is 25.5 Å². The Morgan fingerprint density at radius 1 is 0.971 bits per heavy atom. The second kappa shape index (κ2) is 10.4. The van der Waals surface area contributed by atoms with E-state index >= 15 is 0 Å². The third-order valence-electron chi connectivity index (χ3n) is 6.27. The molecule has 35 heavy (non-hydrogen) atoms. The van der Waals surface area contributed by atoms with Gasteiger partial charge in [0.15, 0.2) is 0 Å². The van der Waals surface area contributed by atoms with Crippen molar-refractivity contribution in [1.82, 2.24) is 4.90 Å². The molecule has 0 aromatic heterocycles. The predicted molar refractivity (Wildman–Crippen MR) is 133 cm³/mol. The van der Waals surface area contributed by atoms with Crippen LogP contribution >= 0.6 is 0 Å². The van der Waals surface area contributed by atoms with Crippen LogP contribution in [0.5, 0.6) is 0 Å². The topological polar surface area (TPSA) is 95.9 Å². The summed E-state index contributed by atoms with van der Waals surface area (Å²) in [6, 6.07) is 23.3.